The minimum atomic E-state index is -0.270. The zero-order valence-corrected chi connectivity index (χ0v) is 15.7. The number of oxime groups is 1. The van der Waals surface area contributed by atoms with Crippen LogP contribution in [-0.4, -0.2) is 39.6 Å². The molecule has 0 saturated carbocycles. The first kappa shape index (κ1) is 20.1. The number of nitrogens with zero attached hydrogens (tertiary/aromatic N) is 1. The van der Waals surface area contributed by atoms with Gasteiger partial charge in [-0.1, -0.05) is 11.2 Å². The molecule has 0 spiro atoms. The Morgan fingerprint density at radius 3 is 2.48 bits per heavy atom. The highest BCUT2D eigenvalue weighted by Gasteiger charge is 2.06. The molecule has 7 heteroatoms. The van der Waals surface area contributed by atoms with Crippen LogP contribution in [0.25, 0.3) is 0 Å². The maximum absolute atomic E-state index is 11.8. The number of methoxy groups -OCH3 is 2. The van der Waals surface area contributed by atoms with Gasteiger partial charge in [0.15, 0.2) is 18.1 Å². The van der Waals surface area contributed by atoms with Gasteiger partial charge in [0, 0.05) is 6.54 Å². The van der Waals surface area contributed by atoms with E-state index in [9.17, 15) is 4.79 Å². The molecule has 7 nitrogen and oxygen atoms in total. The number of hydrogen-bond donors (Lipinski definition) is 1. The van der Waals surface area contributed by atoms with Gasteiger partial charge in [-0.05, 0) is 54.4 Å². The molecule has 2 aromatic rings. The fourth-order valence-electron chi connectivity index (χ4n) is 2.25. The quantitative estimate of drug-likeness (QED) is 0.512. The molecule has 0 unspecified atom stereocenters. The SMILES string of the molecule is CCOc1ccc(/C=N/OCC(=O)NCc2ccc(OC)c(OC)c2)cc1. The van der Waals surface area contributed by atoms with E-state index in [-0.39, 0.29) is 12.5 Å². The van der Waals surface area contributed by atoms with Crippen LogP contribution < -0.4 is 19.5 Å². The number of carbonyl (C=O) groups excluding carboxylic acids is 1. The minimum absolute atomic E-state index is 0.166. The van der Waals surface area contributed by atoms with Gasteiger partial charge in [-0.25, -0.2) is 0 Å². The van der Waals surface area contributed by atoms with Gasteiger partial charge in [0.05, 0.1) is 27.0 Å². The molecule has 0 atom stereocenters. The lowest BCUT2D eigenvalue weighted by atomic mass is 10.2. The lowest BCUT2D eigenvalue weighted by molar-refractivity contribution is -0.125. The molecule has 0 fully saturated rings. The Kier molecular flexibility index (Phi) is 7.96. The number of rotatable bonds is 10. The van der Waals surface area contributed by atoms with Crippen LogP contribution in [0.1, 0.15) is 18.1 Å². The monoisotopic (exact) mass is 372 g/mol. The summed E-state index contributed by atoms with van der Waals surface area (Å²) in [4.78, 5) is 16.9. The summed E-state index contributed by atoms with van der Waals surface area (Å²) in [6.07, 6.45) is 1.54. The molecule has 0 aliphatic heterocycles. The van der Waals surface area contributed by atoms with Crippen LogP contribution in [0.5, 0.6) is 17.2 Å². The van der Waals surface area contributed by atoms with Crippen LogP contribution in [0.4, 0.5) is 0 Å². The Labute approximate surface area is 158 Å². The molecule has 1 amide bonds. The van der Waals surface area contributed by atoms with Gasteiger partial charge in [-0.2, -0.15) is 0 Å². The van der Waals surface area contributed by atoms with E-state index in [4.69, 9.17) is 19.0 Å². The highest BCUT2D eigenvalue weighted by Crippen LogP contribution is 2.27. The number of amides is 1. The zero-order valence-electron chi connectivity index (χ0n) is 15.7. The summed E-state index contributed by atoms with van der Waals surface area (Å²) in [5.41, 5.74) is 1.74. The Balaban J connectivity index is 1.74. The van der Waals surface area contributed by atoms with Gasteiger partial charge < -0.3 is 24.4 Å². The first-order valence-corrected chi connectivity index (χ1v) is 8.52. The van der Waals surface area contributed by atoms with Crippen molar-refractivity contribution in [2.75, 3.05) is 27.4 Å². The van der Waals surface area contributed by atoms with Crippen LogP contribution >= 0.6 is 0 Å². The zero-order chi connectivity index (χ0) is 19.5. The highest BCUT2D eigenvalue weighted by molar-refractivity contribution is 5.80. The minimum Gasteiger partial charge on any atom is -0.494 e. The Hall–Kier alpha value is -3.22. The molecule has 2 aromatic carbocycles. The third kappa shape index (κ3) is 6.54. The topological polar surface area (TPSA) is 78.4 Å². The van der Waals surface area contributed by atoms with Crippen molar-refractivity contribution in [1.82, 2.24) is 5.32 Å². The first-order chi connectivity index (χ1) is 13.2. The molecule has 0 heterocycles. The second-order valence-electron chi connectivity index (χ2n) is 5.48. The smallest absolute Gasteiger partial charge is 0.261 e. The van der Waals surface area contributed by atoms with Gasteiger partial charge in [-0.3, -0.25) is 4.79 Å². The van der Waals surface area contributed by atoms with Crippen molar-refractivity contribution in [3.8, 4) is 17.2 Å². The normalized spacial score (nSPS) is 10.5. The predicted molar refractivity (Wildman–Crippen MR) is 103 cm³/mol. The lowest BCUT2D eigenvalue weighted by Gasteiger charge is -2.10. The average molecular weight is 372 g/mol. The number of benzene rings is 2. The van der Waals surface area contributed by atoms with E-state index < -0.39 is 0 Å². The van der Waals surface area contributed by atoms with Crippen molar-refractivity contribution in [2.24, 2.45) is 5.16 Å². The molecular weight excluding hydrogens is 348 g/mol. The Bertz CT molecular complexity index is 759. The third-order valence-corrected chi connectivity index (χ3v) is 3.60. The molecule has 0 aromatic heterocycles. The van der Waals surface area contributed by atoms with Crippen molar-refractivity contribution in [3.63, 3.8) is 0 Å². The van der Waals surface area contributed by atoms with Crippen LogP contribution in [0.3, 0.4) is 0 Å². The van der Waals surface area contributed by atoms with E-state index in [1.165, 1.54) is 6.21 Å². The molecule has 2 rings (SSSR count). The van der Waals surface area contributed by atoms with Gasteiger partial charge in [0.25, 0.3) is 5.91 Å². The molecule has 1 N–H and O–H groups in total. The van der Waals surface area contributed by atoms with E-state index in [1.807, 2.05) is 43.3 Å². The third-order valence-electron chi connectivity index (χ3n) is 3.60. The second-order valence-corrected chi connectivity index (χ2v) is 5.48. The summed E-state index contributed by atoms with van der Waals surface area (Å²) in [7, 11) is 3.14. The Morgan fingerprint density at radius 2 is 1.81 bits per heavy atom. The van der Waals surface area contributed by atoms with E-state index >= 15 is 0 Å². The lowest BCUT2D eigenvalue weighted by Crippen LogP contribution is -2.26. The summed E-state index contributed by atoms with van der Waals surface area (Å²) in [5, 5.41) is 6.56. The fourth-order valence-corrected chi connectivity index (χ4v) is 2.25. The molecular formula is C20H24N2O5. The van der Waals surface area contributed by atoms with Gasteiger partial charge in [0.2, 0.25) is 0 Å². The molecule has 0 aliphatic carbocycles. The van der Waals surface area contributed by atoms with Crippen LogP contribution in [0, 0.1) is 0 Å². The number of nitrogens with one attached hydrogen (secondary N) is 1. The molecule has 0 bridgehead atoms. The summed E-state index contributed by atoms with van der Waals surface area (Å²) >= 11 is 0. The van der Waals surface area contributed by atoms with Crippen molar-refractivity contribution in [3.05, 3.63) is 53.6 Å². The number of carbonyl (C=O) groups is 1. The maximum atomic E-state index is 11.8. The highest BCUT2D eigenvalue weighted by atomic mass is 16.6. The summed E-state index contributed by atoms with van der Waals surface area (Å²) in [5.74, 6) is 1.78. The van der Waals surface area contributed by atoms with Crippen LogP contribution in [0.15, 0.2) is 47.6 Å². The Morgan fingerprint density at radius 1 is 1.07 bits per heavy atom. The first-order valence-electron chi connectivity index (χ1n) is 8.52. The van der Waals surface area contributed by atoms with Gasteiger partial charge in [0.1, 0.15) is 5.75 Å². The molecule has 0 saturated heterocycles. The largest absolute Gasteiger partial charge is 0.494 e. The second kappa shape index (κ2) is 10.7. The van der Waals surface area contributed by atoms with Crippen molar-refractivity contribution >= 4 is 12.1 Å². The maximum Gasteiger partial charge on any atom is 0.261 e. The molecule has 27 heavy (non-hydrogen) atoms. The number of ether oxygens (including phenoxy) is 3. The van der Waals surface area contributed by atoms with Gasteiger partial charge in [-0.15, -0.1) is 0 Å². The van der Waals surface area contributed by atoms with Crippen molar-refractivity contribution < 1.29 is 23.8 Å². The molecule has 0 radical (unpaired) electrons. The summed E-state index contributed by atoms with van der Waals surface area (Å²) in [6.45, 7) is 2.74. The van der Waals surface area contributed by atoms with E-state index in [0.29, 0.717) is 24.7 Å². The summed E-state index contributed by atoms with van der Waals surface area (Å²) < 4.78 is 15.8. The van der Waals surface area contributed by atoms with Crippen LogP contribution in [-0.2, 0) is 16.2 Å². The number of hydrogen-bond acceptors (Lipinski definition) is 6. The van der Waals surface area contributed by atoms with E-state index in [1.54, 1.807) is 20.3 Å². The molecule has 144 valence electrons. The average Bonchev–Trinajstić information content (AvgIpc) is 2.70. The standard InChI is InChI=1S/C20H24N2O5/c1-4-26-17-8-5-15(6-9-17)13-22-27-14-20(23)21-12-16-7-10-18(24-2)19(11-16)25-3/h5-11,13H,4,12,14H2,1-3H3,(H,21,23)/b22-13+. The molecule has 0 aliphatic rings. The van der Waals surface area contributed by atoms with Crippen molar-refractivity contribution in [2.45, 2.75) is 13.5 Å². The van der Waals surface area contributed by atoms with Crippen molar-refractivity contribution in [1.29, 1.82) is 0 Å². The van der Waals surface area contributed by atoms with Crippen LogP contribution in [0.2, 0.25) is 0 Å². The van der Waals surface area contributed by atoms with E-state index in [2.05, 4.69) is 10.5 Å². The van der Waals surface area contributed by atoms with Gasteiger partial charge >= 0.3 is 0 Å². The predicted octanol–water partition coefficient (Wildman–Crippen LogP) is 2.77. The summed E-state index contributed by atoms with van der Waals surface area (Å²) in [6, 6.07) is 12.9. The fraction of sp³-hybridized carbons (Fsp3) is 0.300. The van der Waals surface area contributed by atoms with E-state index in [0.717, 1.165) is 16.9 Å².